The molecule has 1 heterocycles. The second kappa shape index (κ2) is 6.22. The minimum absolute atomic E-state index is 0.0238. The quantitative estimate of drug-likeness (QED) is 0.839. The summed E-state index contributed by atoms with van der Waals surface area (Å²) in [4.78, 5) is 14.4. The summed E-state index contributed by atoms with van der Waals surface area (Å²) in [6.45, 7) is 1.92. The predicted octanol–water partition coefficient (Wildman–Crippen LogP) is 2.11. The van der Waals surface area contributed by atoms with Gasteiger partial charge in [0.2, 0.25) is 5.91 Å². The van der Waals surface area contributed by atoms with Crippen molar-refractivity contribution in [3.63, 3.8) is 0 Å². The Morgan fingerprint density at radius 3 is 3.14 bits per heavy atom. The van der Waals surface area contributed by atoms with Crippen molar-refractivity contribution in [2.24, 2.45) is 0 Å². The molecule has 1 amide bonds. The zero-order valence-electron chi connectivity index (χ0n) is 11.8. The molecule has 1 aromatic rings. The van der Waals surface area contributed by atoms with E-state index in [0.29, 0.717) is 41.7 Å². The SMILES string of the molecule is Nc1cc(NC(=O)CN2CCOC3CCCC32)ccc1Cl. The third-order valence-corrected chi connectivity index (χ3v) is 4.57. The van der Waals surface area contributed by atoms with Crippen LogP contribution in [-0.4, -0.2) is 42.6 Å². The minimum atomic E-state index is -0.0238. The van der Waals surface area contributed by atoms with E-state index in [4.69, 9.17) is 22.1 Å². The highest BCUT2D eigenvalue weighted by Gasteiger charge is 2.36. The van der Waals surface area contributed by atoms with Gasteiger partial charge in [0, 0.05) is 18.3 Å². The molecule has 2 atom stereocenters. The van der Waals surface area contributed by atoms with Crippen LogP contribution in [0.3, 0.4) is 0 Å². The molecule has 0 bridgehead atoms. The normalized spacial score (nSPS) is 25.6. The van der Waals surface area contributed by atoms with Crippen molar-refractivity contribution in [2.45, 2.75) is 31.4 Å². The third-order valence-electron chi connectivity index (χ3n) is 4.22. The van der Waals surface area contributed by atoms with E-state index in [2.05, 4.69) is 10.2 Å². The summed E-state index contributed by atoms with van der Waals surface area (Å²) in [5.41, 5.74) is 6.89. The summed E-state index contributed by atoms with van der Waals surface area (Å²) >= 11 is 5.87. The highest BCUT2D eigenvalue weighted by Crippen LogP contribution is 2.29. The average Bonchev–Trinajstić information content (AvgIpc) is 2.92. The second-order valence-electron chi connectivity index (χ2n) is 5.66. The van der Waals surface area contributed by atoms with Crippen LogP contribution < -0.4 is 11.1 Å². The van der Waals surface area contributed by atoms with E-state index in [0.717, 1.165) is 19.4 Å². The third kappa shape index (κ3) is 3.31. The Morgan fingerprint density at radius 2 is 2.33 bits per heavy atom. The molecule has 1 saturated heterocycles. The van der Waals surface area contributed by atoms with Crippen molar-refractivity contribution < 1.29 is 9.53 Å². The topological polar surface area (TPSA) is 67.6 Å². The van der Waals surface area contributed by atoms with E-state index >= 15 is 0 Å². The highest BCUT2D eigenvalue weighted by molar-refractivity contribution is 6.33. The number of nitrogen functional groups attached to an aromatic ring is 1. The van der Waals surface area contributed by atoms with Crippen molar-refractivity contribution in [2.75, 3.05) is 30.7 Å². The summed E-state index contributed by atoms with van der Waals surface area (Å²) in [5.74, 6) is -0.0238. The summed E-state index contributed by atoms with van der Waals surface area (Å²) in [5, 5.41) is 3.37. The fraction of sp³-hybridized carbons (Fsp3) is 0.533. The summed E-state index contributed by atoms with van der Waals surface area (Å²) < 4.78 is 5.76. The molecule has 3 rings (SSSR count). The van der Waals surface area contributed by atoms with Gasteiger partial charge in [0.1, 0.15) is 0 Å². The van der Waals surface area contributed by atoms with Gasteiger partial charge in [0.05, 0.1) is 30.0 Å². The molecule has 5 nitrogen and oxygen atoms in total. The number of nitrogens with one attached hydrogen (secondary N) is 1. The van der Waals surface area contributed by atoms with Gasteiger partial charge in [-0.25, -0.2) is 0 Å². The number of nitrogens with zero attached hydrogens (tertiary/aromatic N) is 1. The van der Waals surface area contributed by atoms with Crippen molar-refractivity contribution in [3.8, 4) is 0 Å². The number of ether oxygens (including phenoxy) is 1. The number of benzene rings is 1. The van der Waals surface area contributed by atoms with Crippen LogP contribution >= 0.6 is 11.6 Å². The largest absolute Gasteiger partial charge is 0.397 e. The number of hydrogen-bond donors (Lipinski definition) is 2. The molecule has 1 aromatic carbocycles. The fourth-order valence-corrected chi connectivity index (χ4v) is 3.33. The van der Waals surface area contributed by atoms with E-state index in [1.165, 1.54) is 6.42 Å². The van der Waals surface area contributed by atoms with Crippen LogP contribution in [0, 0.1) is 0 Å². The number of morpholine rings is 1. The van der Waals surface area contributed by atoms with Gasteiger partial charge in [0.25, 0.3) is 0 Å². The lowest BCUT2D eigenvalue weighted by Gasteiger charge is -2.37. The molecule has 21 heavy (non-hydrogen) atoms. The maximum absolute atomic E-state index is 12.2. The van der Waals surface area contributed by atoms with Crippen molar-refractivity contribution in [3.05, 3.63) is 23.2 Å². The molecule has 2 fully saturated rings. The second-order valence-corrected chi connectivity index (χ2v) is 6.07. The molecule has 6 heteroatoms. The Balaban J connectivity index is 1.59. The summed E-state index contributed by atoms with van der Waals surface area (Å²) in [6, 6.07) is 5.51. The Bertz CT molecular complexity index is 538. The highest BCUT2D eigenvalue weighted by atomic mass is 35.5. The van der Waals surface area contributed by atoms with Gasteiger partial charge in [-0.15, -0.1) is 0 Å². The lowest BCUT2D eigenvalue weighted by Crippen LogP contribution is -2.51. The van der Waals surface area contributed by atoms with Crippen molar-refractivity contribution in [1.82, 2.24) is 4.90 Å². The van der Waals surface area contributed by atoms with Gasteiger partial charge in [-0.05, 0) is 37.5 Å². The molecule has 0 spiro atoms. The maximum atomic E-state index is 12.2. The molecule has 3 N–H and O–H groups in total. The van der Waals surface area contributed by atoms with Gasteiger partial charge in [-0.3, -0.25) is 9.69 Å². The van der Waals surface area contributed by atoms with E-state index in [1.807, 2.05) is 0 Å². The Labute approximate surface area is 129 Å². The number of rotatable bonds is 3. The van der Waals surface area contributed by atoms with E-state index in [1.54, 1.807) is 18.2 Å². The van der Waals surface area contributed by atoms with Crippen LogP contribution in [0.25, 0.3) is 0 Å². The molecule has 0 radical (unpaired) electrons. The Kier molecular flexibility index (Phi) is 4.33. The number of carbonyl (C=O) groups excluding carboxylic acids is 1. The van der Waals surface area contributed by atoms with Crippen molar-refractivity contribution >= 4 is 28.9 Å². The average molecular weight is 310 g/mol. The van der Waals surface area contributed by atoms with Gasteiger partial charge in [-0.1, -0.05) is 11.6 Å². The number of hydrogen-bond acceptors (Lipinski definition) is 4. The van der Waals surface area contributed by atoms with Crippen LogP contribution in [-0.2, 0) is 9.53 Å². The minimum Gasteiger partial charge on any atom is -0.397 e. The number of carbonyl (C=O) groups is 1. The van der Waals surface area contributed by atoms with Crippen LogP contribution in [0.5, 0.6) is 0 Å². The van der Waals surface area contributed by atoms with Crippen molar-refractivity contribution in [1.29, 1.82) is 0 Å². The molecule has 114 valence electrons. The molecule has 1 aliphatic carbocycles. The molecular weight excluding hydrogens is 290 g/mol. The van der Waals surface area contributed by atoms with E-state index in [9.17, 15) is 4.79 Å². The first-order valence-corrected chi connectivity index (χ1v) is 7.72. The Hall–Kier alpha value is -1.30. The van der Waals surface area contributed by atoms with E-state index in [-0.39, 0.29) is 5.91 Å². The molecule has 1 saturated carbocycles. The number of anilines is 2. The lowest BCUT2D eigenvalue weighted by molar-refractivity contribution is -0.121. The van der Waals surface area contributed by atoms with Crippen LogP contribution in [0.2, 0.25) is 5.02 Å². The first kappa shape index (κ1) is 14.6. The van der Waals surface area contributed by atoms with Gasteiger partial charge in [-0.2, -0.15) is 0 Å². The number of halogens is 1. The monoisotopic (exact) mass is 309 g/mol. The fourth-order valence-electron chi connectivity index (χ4n) is 3.21. The number of amides is 1. The van der Waals surface area contributed by atoms with Gasteiger partial charge in [0.15, 0.2) is 0 Å². The summed E-state index contributed by atoms with van der Waals surface area (Å²) in [7, 11) is 0. The molecule has 2 unspecified atom stereocenters. The first-order chi connectivity index (χ1) is 10.1. The molecule has 1 aliphatic heterocycles. The number of nitrogens with two attached hydrogens (primary N) is 1. The van der Waals surface area contributed by atoms with Crippen LogP contribution in [0.4, 0.5) is 11.4 Å². The van der Waals surface area contributed by atoms with Gasteiger partial charge >= 0.3 is 0 Å². The van der Waals surface area contributed by atoms with E-state index < -0.39 is 0 Å². The summed E-state index contributed by atoms with van der Waals surface area (Å²) in [6.07, 6.45) is 3.71. The number of fused-ring (bicyclic) bond motifs is 1. The van der Waals surface area contributed by atoms with Gasteiger partial charge < -0.3 is 15.8 Å². The zero-order valence-corrected chi connectivity index (χ0v) is 12.6. The van der Waals surface area contributed by atoms with Crippen LogP contribution in [0.15, 0.2) is 18.2 Å². The standard InChI is InChI=1S/C15H20ClN3O2/c16-11-5-4-10(8-12(11)17)18-15(20)9-19-6-7-21-14-3-1-2-13(14)19/h4-5,8,13-14H,1-3,6-7,9,17H2,(H,18,20). The first-order valence-electron chi connectivity index (χ1n) is 7.34. The predicted molar refractivity (Wildman–Crippen MR) is 83.4 cm³/mol. The smallest absolute Gasteiger partial charge is 0.238 e. The molecule has 2 aliphatic rings. The zero-order chi connectivity index (χ0) is 14.8. The lowest BCUT2D eigenvalue weighted by atomic mass is 10.1. The van der Waals surface area contributed by atoms with Crippen LogP contribution in [0.1, 0.15) is 19.3 Å². The molecule has 0 aromatic heterocycles. The molecular formula is C15H20ClN3O2. The maximum Gasteiger partial charge on any atom is 0.238 e. The Morgan fingerprint density at radius 1 is 1.48 bits per heavy atom.